The van der Waals surface area contributed by atoms with Gasteiger partial charge in [-0.25, -0.2) is 19.3 Å². The van der Waals surface area contributed by atoms with Gasteiger partial charge >= 0.3 is 6.03 Å². The topological polar surface area (TPSA) is 112 Å². The lowest BCUT2D eigenvalue weighted by molar-refractivity contribution is 0.262. The van der Waals surface area contributed by atoms with E-state index in [1.54, 1.807) is 0 Å². The zero-order chi connectivity index (χ0) is 27.9. The number of aromatic nitrogens is 5. The Morgan fingerprint density at radius 2 is 1.60 bits per heavy atom. The van der Waals surface area contributed by atoms with E-state index in [1.165, 1.54) is 24.3 Å². The summed E-state index contributed by atoms with van der Waals surface area (Å²) in [6, 6.07) is 26.7. The van der Waals surface area contributed by atoms with Crippen molar-refractivity contribution in [3.63, 3.8) is 0 Å². The van der Waals surface area contributed by atoms with E-state index in [0.717, 1.165) is 23.2 Å². The van der Waals surface area contributed by atoms with Crippen molar-refractivity contribution in [1.29, 1.82) is 0 Å². The van der Waals surface area contributed by atoms with Gasteiger partial charge in [0.2, 0.25) is 0 Å². The Hall–Kier alpha value is -5.12. The number of carbonyl (C=O) groups is 1. The molecule has 3 aromatic carbocycles. The molecular weight excluding hydrogens is 507 g/mol. The molecule has 0 bridgehead atoms. The zero-order valence-electron chi connectivity index (χ0n) is 22.2. The van der Waals surface area contributed by atoms with Gasteiger partial charge in [0.05, 0.1) is 5.69 Å². The van der Waals surface area contributed by atoms with Crippen LogP contribution in [0.2, 0.25) is 0 Å². The van der Waals surface area contributed by atoms with E-state index in [1.807, 2.05) is 54.6 Å². The number of rotatable bonds is 9. The molecule has 10 heteroatoms. The average molecular weight is 537 g/mol. The number of amides is 2. The molecule has 2 amide bonds. The van der Waals surface area contributed by atoms with Gasteiger partial charge in [-0.2, -0.15) is 0 Å². The van der Waals surface area contributed by atoms with Crippen LogP contribution in [0.25, 0.3) is 22.6 Å². The number of hydrogen-bond acceptors (Lipinski definition) is 6. The molecule has 0 radical (unpaired) electrons. The van der Waals surface area contributed by atoms with Crippen molar-refractivity contribution in [1.82, 2.24) is 25.6 Å². The molecule has 0 aliphatic rings. The Balaban J connectivity index is 1.55. The summed E-state index contributed by atoms with van der Waals surface area (Å²) in [6.45, 7) is 5.71. The minimum atomic E-state index is -0.458. The summed E-state index contributed by atoms with van der Waals surface area (Å²) in [7, 11) is 0. The van der Waals surface area contributed by atoms with Crippen molar-refractivity contribution >= 4 is 23.2 Å². The van der Waals surface area contributed by atoms with Crippen LogP contribution in [0.15, 0.2) is 91.0 Å². The van der Waals surface area contributed by atoms with Crippen molar-refractivity contribution in [2.75, 3.05) is 22.1 Å². The van der Waals surface area contributed by atoms with E-state index in [-0.39, 0.29) is 5.82 Å². The van der Waals surface area contributed by atoms with E-state index in [4.69, 9.17) is 4.98 Å². The van der Waals surface area contributed by atoms with Crippen LogP contribution in [0, 0.1) is 11.7 Å². The largest absolute Gasteiger partial charge is 0.352 e. The normalized spacial score (nSPS) is 10.9. The quantitative estimate of drug-likeness (QED) is 0.202. The fourth-order valence-electron chi connectivity index (χ4n) is 4.38. The molecule has 2 aromatic heterocycles. The maximum Gasteiger partial charge on any atom is 0.323 e. The van der Waals surface area contributed by atoms with E-state index >= 15 is 0 Å². The highest BCUT2D eigenvalue weighted by molar-refractivity contribution is 6.00. The molecule has 0 aliphatic heterocycles. The minimum absolute atomic E-state index is 0.361. The first kappa shape index (κ1) is 26.5. The molecule has 0 atom stereocenters. The zero-order valence-corrected chi connectivity index (χ0v) is 22.2. The van der Waals surface area contributed by atoms with Crippen LogP contribution in [-0.4, -0.2) is 38.2 Å². The van der Waals surface area contributed by atoms with Gasteiger partial charge in [-0.15, -0.1) is 5.10 Å². The van der Waals surface area contributed by atoms with Crippen molar-refractivity contribution in [3.8, 4) is 22.6 Å². The molecule has 3 N–H and O–H groups in total. The molecule has 0 spiro atoms. The average Bonchev–Trinajstić information content (AvgIpc) is 3.49. The number of urea groups is 1. The number of benzene rings is 3. The molecule has 5 rings (SSSR count). The van der Waals surface area contributed by atoms with Crippen LogP contribution >= 0.6 is 0 Å². The van der Waals surface area contributed by atoms with E-state index in [2.05, 4.69) is 62.1 Å². The summed E-state index contributed by atoms with van der Waals surface area (Å²) in [4.78, 5) is 20.2. The first-order chi connectivity index (χ1) is 19.4. The number of carbonyl (C=O) groups excluding carboxylic acids is 1. The lowest BCUT2D eigenvalue weighted by atomic mass is 10.0. The highest BCUT2D eigenvalue weighted by atomic mass is 19.1. The number of pyridine rings is 1. The van der Waals surface area contributed by atoms with Crippen LogP contribution in [0.3, 0.4) is 0 Å². The van der Waals surface area contributed by atoms with Gasteiger partial charge in [-0.05, 0) is 52.2 Å². The van der Waals surface area contributed by atoms with Gasteiger partial charge in [-0.1, -0.05) is 68.4 Å². The highest BCUT2D eigenvalue weighted by Crippen LogP contribution is 2.33. The Bertz CT molecular complexity index is 1560. The monoisotopic (exact) mass is 536 g/mol. The molecule has 5 aromatic rings. The molecule has 0 saturated carbocycles. The Morgan fingerprint density at radius 3 is 2.30 bits per heavy atom. The number of halogens is 1. The molecule has 202 valence electrons. The van der Waals surface area contributed by atoms with E-state index in [9.17, 15) is 9.18 Å². The van der Waals surface area contributed by atoms with Crippen molar-refractivity contribution in [2.24, 2.45) is 5.92 Å². The maximum atomic E-state index is 13.3. The molecule has 0 saturated heterocycles. The predicted octanol–water partition coefficient (Wildman–Crippen LogP) is 6.37. The molecular formula is C30H29FN8O. The molecule has 9 nitrogen and oxygen atoms in total. The number of H-pyrrole nitrogens is 1. The molecule has 0 unspecified atom stereocenters. The third-order valence-corrected chi connectivity index (χ3v) is 6.10. The molecule has 0 fully saturated rings. The van der Waals surface area contributed by atoms with Crippen LogP contribution in [0.5, 0.6) is 0 Å². The fourth-order valence-corrected chi connectivity index (χ4v) is 4.38. The predicted molar refractivity (Wildman–Crippen MR) is 154 cm³/mol. The lowest BCUT2D eigenvalue weighted by Gasteiger charge is -2.27. The van der Waals surface area contributed by atoms with Crippen molar-refractivity contribution in [3.05, 3.63) is 102 Å². The first-order valence-corrected chi connectivity index (χ1v) is 12.9. The first-order valence-electron chi connectivity index (χ1n) is 12.9. The summed E-state index contributed by atoms with van der Waals surface area (Å²) in [5.74, 6) is 1.20. The summed E-state index contributed by atoms with van der Waals surface area (Å²) in [6.07, 6.45) is 0. The summed E-state index contributed by atoms with van der Waals surface area (Å²) in [5.41, 5.74) is 4.39. The van der Waals surface area contributed by atoms with E-state index < -0.39 is 6.03 Å². The smallest absolute Gasteiger partial charge is 0.323 e. The standard InChI is InChI=1S/C30H29FN8O/c1-20(2)18-39(19-21-8-4-3-5-9-21)28-17-24(33-30(40)32-23-14-12-22(31)13-15-23)16-27(34-28)25-10-6-7-11-26(25)29-35-37-38-36-29/h3-17,20H,18-19H2,1-2H3,(H2,32,33,34,40)(H,35,36,37,38). The van der Waals surface area contributed by atoms with Crippen LogP contribution in [0.4, 0.5) is 26.4 Å². The second-order valence-electron chi connectivity index (χ2n) is 9.74. The summed E-state index contributed by atoms with van der Waals surface area (Å²) >= 11 is 0. The second kappa shape index (κ2) is 12.2. The third kappa shape index (κ3) is 6.65. The number of nitrogens with one attached hydrogen (secondary N) is 3. The van der Waals surface area contributed by atoms with Crippen LogP contribution in [0.1, 0.15) is 19.4 Å². The van der Waals surface area contributed by atoms with Gasteiger partial charge in [0.1, 0.15) is 11.6 Å². The maximum absolute atomic E-state index is 13.3. The Labute approximate surface area is 231 Å². The number of nitrogens with zero attached hydrogens (tertiary/aromatic N) is 5. The highest BCUT2D eigenvalue weighted by Gasteiger charge is 2.18. The van der Waals surface area contributed by atoms with Crippen LogP contribution in [-0.2, 0) is 6.54 Å². The summed E-state index contributed by atoms with van der Waals surface area (Å²) < 4.78 is 13.3. The summed E-state index contributed by atoms with van der Waals surface area (Å²) in [5, 5.41) is 20.0. The van der Waals surface area contributed by atoms with Gasteiger partial charge in [0.15, 0.2) is 5.82 Å². The number of tetrazole rings is 1. The van der Waals surface area contributed by atoms with Gasteiger partial charge in [0, 0.05) is 41.7 Å². The number of aromatic amines is 1. The molecule has 40 heavy (non-hydrogen) atoms. The third-order valence-electron chi connectivity index (χ3n) is 6.10. The number of hydrogen-bond donors (Lipinski definition) is 3. The molecule has 2 heterocycles. The van der Waals surface area contributed by atoms with E-state index in [0.29, 0.717) is 41.2 Å². The number of anilines is 3. The lowest BCUT2D eigenvalue weighted by Crippen LogP contribution is -2.28. The Kier molecular flexibility index (Phi) is 8.05. The SMILES string of the molecule is CC(C)CN(Cc1ccccc1)c1cc(NC(=O)Nc2ccc(F)cc2)cc(-c2ccccc2-c2nnn[nH]2)n1. The minimum Gasteiger partial charge on any atom is -0.352 e. The van der Waals surface area contributed by atoms with Gasteiger partial charge in [-0.3, -0.25) is 0 Å². The molecule has 0 aliphatic carbocycles. The fraction of sp³-hybridized carbons (Fsp3) is 0.167. The van der Waals surface area contributed by atoms with Crippen molar-refractivity contribution < 1.29 is 9.18 Å². The second-order valence-corrected chi connectivity index (χ2v) is 9.74. The van der Waals surface area contributed by atoms with Gasteiger partial charge in [0.25, 0.3) is 0 Å². The van der Waals surface area contributed by atoms with Gasteiger partial charge < -0.3 is 15.5 Å². The van der Waals surface area contributed by atoms with Crippen LogP contribution < -0.4 is 15.5 Å². The Morgan fingerprint density at radius 1 is 0.900 bits per heavy atom. The van der Waals surface area contributed by atoms with Crippen molar-refractivity contribution in [2.45, 2.75) is 20.4 Å².